The van der Waals surface area contributed by atoms with Crippen molar-refractivity contribution in [2.45, 2.75) is 39.5 Å². The molecule has 2 aromatic carbocycles. The summed E-state index contributed by atoms with van der Waals surface area (Å²) in [6.07, 6.45) is 2.21. The molecule has 0 saturated heterocycles. The fourth-order valence-electron chi connectivity index (χ4n) is 2.02. The Kier molecular flexibility index (Phi) is 5.68. The molecule has 0 aliphatic heterocycles. The number of hydrogen-bond acceptors (Lipinski definition) is 2. The number of ether oxygens (including phenoxy) is 2. The molecule has 2 heteroatoms. The van der Waals surface area contributed by atoms with Gasteiger partial charge in [-0.15, -0.1) is 0 Å². The van der Waals surface area contributed by atoms with Crippen molar-refractivity contribution >= 4 is 0 Å². The van der Waals surface area contributed by atoms with Crippen molar-refractivity contribution in [1.82, 2.24) is 0 Å². The molecule has 112 valence electrons. The maximum atomic E-state index is 5.88. The Labute approximate surface area is 127 Å². The van der Waals surface area contributed by atoms with Gasteiger partial charge in [-0.1, -0.05) is 45.4 Å². The van der Waals surface area contributed by atoms with Gasteiger partial charge in [-0.3, -0.25) is 0 Å². The van der Waals surface area contributed by atoms with Crippen molar-refractivity contribution in [2.75, 3.05) is 6.61 Å². The minimum atomic E-state index is 0.536. The molecule has 0 fully saturated rings. The minimum absolute atomic E-state index is 0.536. The van der Waals surface area contributed by atoms with Crippen molar-refractivity contribution < 1.29 is 9.47 Å². The molecule has 0 amide bonds. The van der Waals surface area contributed by atoms with Crippen LogP contribution in [0.25, 0.3) is 0 Å². The van der Waals surface area contributed by atoms with E-state index in [1.165, 1.54) is 5.56 Å². The Morgan fingerprint density at radius 1 is 0.905 bits per heavy atom. The molecule has 0 radical (unpaired) electrons. The van der Waals surface area contributed by atoms with E-state index < -0.39 is 0 Å². The quantitative estimate of drug-likeness (QED) is 0.600. The third-order valence-corrected chi connectivity index (χ3v) is 3.35. The molecule has 0 bridgehead atoms. The Hall–Kier alpha value is -1.96. The summed E-state index contributed by atoms with van der Waals surface area (Å²) in [6, 6.07) is 16.1. The average molecular weight is 284 g/mol. The highest BCUT2D eigenvalue weighted by molar-refractivity contribution is 5.37. The Morgan fingerprint density at radius 3 is 2.29 bits per heavy atom. The summed E-state index contributed by atoms with van der Waals surface area (Å²) in [6.45, 7) is 7.28. The Bertz CT molecular complexity index is 544. The molecule has 0 aromatic heterocycles. The maximum absolute atomic E-state index is 5.88. The standard InChI is InChI=1S/C19H24O2/c1-4-5-13-20-18-7-6-8-19(14-18)21-17-11-9-16(10-12-17)15(2)3/h6-12,14-15H,4-5,13H2,1-3H3. The summed E-state index contributed by atoms with van der Waals surface area (Å²) in [5.41, 5.74) is 1.32. The molecule has 0 aliphatic carbocycles. The maximum Gasteiger partial charge on any atom is 0.131 e. The van der Waals surface area contributed by atoms with Crippen LogP contribution in [-0.2, 0) is 0 Å². The fourth-order valence-corrected chi connectivity index (χ4v) is 2.02. The predicted octanol–water partition coefficient (Wildman–Crippen LogP) is 5.78. The summed E-state index contributed by atoms with van der Waals surface area (Å²) in [4.78, 5) is 0. The molecule has 0 spiro atoms. The summed E-state index contributed by atoms with van der Waals surface area (Å²) in [5.74, 6) is 3.06. The van der Waals surface area contributed by atoms with Gasteiger partial charge in [0.15, 0.2) is 0 Å². The largest absolute Gasteiger partial charge is 0.493 e. The van der Waals surface area contributed by atoms with E-state index in [-0.39, 0.29) is 0 Å². The van der Waals surface area contributed by atoms with Crippen LogP contribution in [0.3, 0.4) is 0 Å². The number of benzene rings is 2. The van der Waals surface area contributed by atoms with Crippen LogP contribution in [-0.4, -0.2) is 6.61 Å². The van der Waals surface area contributed by atoms with E-state index in [9.17, 15) is 0 Å². The number of rotatable bonds is 7. The van der Waals surface area contributed by atoms with Crippen LogP contribution in [0.15, 0.2) is 48.5 Å². The van der Waals surface area contributed by atoms with Crippen molar-refractivity contribution in [3.63, 3.8) is 0 Å². The lowest BCUT2D eigenvalue weighted by Gasteiger charge is -2.10. The first kappa shape index (κ1) is 15.4. The van der Waals surface area contributed by atoms with Crippen LogP contribution < -0.4 is 9.47 Å². The summed E-state index contributed by atoms with van der Waals surface area (Å²) in [5, 5.41) is 0. The molecule has 0 unspecified atom stereocenters. The van der Waals surface area contributed by atoms with Crippen LogP contribution in [0, 0.1) is 0 Å². The third kappa shape index (κ3) is 4.82. The van der Waals surface area contributed by atoms with Crippen molar-refractivity contribution in [2.24, 2.45) is 0 Å². The zero-order chi connectivity index (χ0) is 15.1. The fraction of sp³-hybridized carbons (Fsp3) is 0.368. The van der Waals surface area contributed by atoms with Gasteiger partial charge in [-0.2, -0.15) is 0 Å². The molecular weight excluding hydrogens is 260 g/mol. The van der Waals surface area contributed by atoms with Crippen LogP contribution in [0.1, 0.15) is 45.1 Å². The molecule has 21 heavy (non-hydrogen) atoms. The molecule has 2 nitrogen and oxygen atoms in total. The summed E-state index contributed by atoms with van der Waals surface area (Å²) < 4.78 is 11.6. The van der Waals surface area contributed by atoms with Gasteiger partial charge < -0.3 is 9.47 Å². The van der Waals surface area contributed by atoms with E-state index in [1.807, 2.05) is 36.4 Å². The van der Waals surface area contributed by atoms with E-state index in [1.54, 1.807) is 0 Å². The first-order chi connectivity index (χ1) is 10.2. The van der Waals surface area contributed by atoms with Crippen LogP contribution in [0.5, 0.6) is 17.2 Å². The van der Waals surface area contributed by atoms with E-state index in [2.05, 4.69) is 32.9 Å². The lowest BCUT2D eigenvalue weighted by Crippen LogP contribution is -1.96. The summed E-state index contributed by atoms with van der Waals surface area (Å²) >= 11 is 0. The van der Waals surface area contributed by atoms with E-state index in [0.29, 0.717) is 5.92 Å². The van der Waals surface area contributed by atoms with Crippen molar-refractivity contribution in [3.05, 3.63) is 54.1 Å². The van der Waals surface area contributed by atoms with Crippen molar-refractivity contribution in [1.29, 1.82) is 0 Å². The first-order valence-corrected chi connectivity index (χ1v) is 7.69. The van der Waals surface area contributed by atoms with Crippen molar-refractivity contribution in [3.8, 4) is 17.2 Å². The van der Waals surface area contributed by atoms with Gasteiger partial charge in [0, 0.05) is 6.07 Å². The van der Waals surface area contributed by atoms with Gasteiger partial charge in [0.25, 0.3) is 0 Å². The van der Waals surface area contributed by atoms with E-state index in [4.69, 9.17) is 9.47 Å². The Morgan fingerprint density at radius 2 is 1.62 bits per heavy atom. The molecular formula is C19H24O2. The molecule has 0 aliphatic rings. The van der Waals surface area contributed by atoms with E-state index >= 15 is 0 Å². The van der Waals surface area contributed by atoms with Gasteiger partial charge in [0.2, 0.25) is 0 Å². The zero-order valence-corrected chi connectivity index (χ0v) is 13.1. The highest BCUT2D eigenvalue weighted by Crippen LogP contribution is 2.26. The molecule has 0 atom stereocenters. The molecule has 0 N–H and O–H groups in total. The highest BCUT2D eigenvalue weighted by atomic mass is 16.5. The molecule has 0 heterocycles. The first-order valence-electron chi connectivity index (χ1n) is 7.69. The number of unbranched alkanes of at least 4 members (excludes halogenated alkanes) is 1. The SMILES string of the molecule is CCCCOc1cccc(Oc2ccc(C(C)C)cc2)c1. The van der Waals surface area contributed by atoms with Gasteiger partial charge in [-0.25, -0.2) is 0 Å². The van der Waals surface area contributed by atoms with Gasteiger partial charge in [0.05, 0.1) is 6.61 Å². The molecule has 2 rings (SSSR count). The second kappa shape index (κ2) is 7.72. The summed E-state index contributed by atoms with van der Waals surface area (Å²) in [7, 11) is 0. The van der Waals surface area contributed by atoms with Crippen LogP contribution >= 0.6 is 0 Å². The normalized spacial score (nSPS) is 10.7. The highest BCUT2D eigenvalue weighted by Gasteiger charge is 2.02. The van der Waals surface area contributed by atoms with E-state index in [0.717, 1.165) is 36.7 Å². The van der Waals surface area contributed by atoms with Crippen LogP contribution in [0.2, 0.25) is 0 Å². The minimum Gasteiger partial charge on any atom is -0.493 e. The topological polar surface area (TPSA) is 18.5 Å². The van der Waals surface area contributed by atoms with Crippen LogP contribution in [0.4, 0.5) is 0 Å². The van der Waals surface area contributed by atoms with Gasteiger partial charge in [-0.05, 0) is 42.2 Å². The van der Waals surface area contributed by atoms with Gasteiger partial charge in [0.1, 0.15) is 17.2 Å². The second-order valence-corrected chi connectivity index (χ2v) is 5.50. The lowest BCUT2D eigenvalue weighted by molar-refractivity contribution is 0.308. The third-order valence-electron chi connectivity index (χ3n) is 3.35. The molecule has 2 aromatic rings. The lowest BCUT2D eigenvalue weighted by atomic mass is 10.0. The average Bonchev–Trinajstić information content (AvgIpc) is 2.48. The smallest absolute Gasteiger partial charge is 0.131 e. The number of hydrogen-bond donors (Lipinski definition) is 0. The van der Waals surface area contributed by atoms with Gasteiger partial charge >= 0.3 is 0 Å². The monoisotopic (exact) mass is 284 g/mol. The zero-order valence-electron chi connectivity index (χ0n) is 13.1. The Balaban J connectivity index is 2.00. The second-order valence-electron chi connectivity index (χ2n) is 5.50. The predicted molar refractivity (Wildman–Crippen MR) is 87.5 cm³/mol. The molecule has 0 saturated carbocycles.